The van der Waals surface area contributed by atoms with Gasteiger partial charge in [0.05, 0.1) is 0 Å². The van der Waals surface area contributed by atoms with E-state index in [-0.39, 0.29) is 6.10 Å². The molecule has 0 aromatic heterocycles. The highest BCUT2D eigenvalue weighted by molar-refractivity contribution is 5.74. The number of hydrogen-bond donors (Lipinski definition) is 2. The highest BCUT2D eigenvalue weighted by Gasteiger charge is 2.12. The molecule has 3 N–H and O–H groups in total. The van der Waals surface area contributed by atoms with Crippen LogP contribution in [-0.2, 0) is 0 Å². The summed E-state index contributed by atoms with van der Waals surface area (Å²) in [7, 11) is 0. The minimum absolute atomic E-state index is 0.0861. The molecule has 20 heavy (non-hydrogen) atoms. The summed E-state index contributed by atoms with van der Waals surface area (Å²) < 4.78 is 5.94. The van der Waals surface area contributed by atoms with Gasteiger partial charge in [0.25, 0.3) is 0 Å². The van der Waals surface area contributed by atoms with E-state index in [0.29, 0.717) is 5.56 Å². The van der Waals surface area contributed by atoms with Crippen molar-refractivity contribution in [3.8, 4) is 5.75 Å². The van der Waals surface area contributed by atoms with Crippen molar-refractivity contribution in [2.24, 2.45) is 0 Å². The molecule has 0 aliphatic heterocycles. The second-order valence-electron chi connectivity index (χ2n) is 4.50. The Bertz CT molecular complexity index is 566. The molecule has 0 bridgehead atoms. The average molecular weight is 272 g/mol. The Hall–Kier alpha value is -2.17. The number of quaternary nitrogens is 1. The summed E-state index contributed by atoms with van der Waals surface area (Å²) >= 11 is 0. The molecule has 0 aliphatic carbocycles. The van der Waals surface area contributed by atoms with Gasteiger partial charge in [-0.1, -0.05) is 19.1 Å². The predicted molar refractivity (Wildman–Crippen MR) is 75.3 cm³/mol. The van der Waals surface area contributed by atoms with Crippen LogP contribution in [0.1, 0.15) is 35.4 Å². The lowest BCUT2D eigenvalue weighted by Gasteiger charge is -2.18. The summed E-state index contributed by atoms with van der Waals surface area (Å²) in [5.74, 6) is 0.723. The minimum Gasteiger partial charge on any atom is -0.486 e. The molecule has 0 saturated carbocycles. The number of benzene rings is 2. The largest absolute Gasteiger partial charge is 0.486 e. The highest BCUT2D eigenvalue weighted by atomic mass is 16.5. The van der Waals surface area contributed by atoms with Crippen LogP contribution in [0.4, 0.5) is 5.69 Å². The first-order valence-electron chi connectivity index (χ1n) is 6.56. The van der Waals surface area contributed by atoms with Crippen LogP contribution < -0.4 is 10.2 Å². The standard InChI is InChI=1S/C16H17NO3/c1-2-16(13-4-3-5-14(10-13)17-19)20-15-8-6-12(11-18)7-9-15/h3-11,16-17,19H,2H2,1H3/p+1. The second-order valence-corrected chi connectivity index (χ2v) is 4.50. The number of aldehydes is 1. The monoisotopic (exact) mass is 272 g/mol. The molecule has 2 aromatic carbocycles. The molecule has 2 rings (SSSR count). The van der Waals surface area contributed by atoms with E-state index in [1.807, 2.05) is 31.2 Å². The Balaban J connectivity index is 2.16. The van der Waals surface area contributed by atoms with Crippen molar-refractivity contribution >= 4 is 12.0 Å². The Morgan fingerprint density at radius 3 is 2.60 bits per heavy atom. The lowest BCUT2D eigenvalue weighted by atomic mass is 10.1. The first-order valence-corrected chi connectivity index (χ1v) is 6.56. The summed E-state index contributed by atoms with van der Waals surface area (Å²) in [4.78, 5) is 10.6. The molecule has 0 radical (unpaired) electrons. The normalized spacial score (nSPS) is 11.9. The van der Waals surface area contributed by atoms with Crippen molar-refractivity contribution in [1.29, 1.82) is 0 Å². The lowest BCUT2D eigenvalue weighted by molar-refractivity contribution is -0.825. The molecule has 1 atom stereocenters. The fraction of sp³-hybridized carbons (Fsp3) is 0.188. The molecule has 0 fully saturated rings. The van der Waals surface area contributed by atoms with Crippen molar-refractivity contribution in [2.45, 2.75) is 19.4 Å². The van der Waals surface area contributed by atoms with Gasteiger partial charge in [-0.25, -0.2) is 5.21 Å². The Morgan fingerprint density at radius 2 is 2.00 bits per heavy atom. The second kappa shape index (κ2) is 6.84. The molecule has 0 heterocycles. The van der Waals surface area contributed by atoms with Crippen LogP contribution in [0, 0.1) is 0 Å². The summed E-state index contributed by atoms with van der Waals surface area (Å²) in [6, 6.07) is 14.6. The van der Waals surface area contributed by atoms with E-state index in [2.05, 4.69) is 0 Å². The Kier molecular flexibility index (Phi) is 4.87. The molecule has 4 heteroatoms. The van der Waals surface area contributed by atoms with Gasteiger partial charge in [-0.3, -0.25) is 4.79 Å². The van der Waals surface area contributed by atoms with Gasteiger partial charge in [-0.2, -0.15) is 5.48 Å². The summed E-state index contributed by atoms with van der Waals surface area (Å²) in [6.45, 7) is 2.04. The molecule has 1 unspecified atom stereocenters. The number of carbonyl (C=O) groups excluding carboxylic acids is 1. The van der Waals surface area contributed by atoms with Gasteiger partial charge in [0.2, 0.25) is 0 Å². The van der Waals surface area contributed by atoms with E-state index in [4.69, 9.17) is 9.94 Å². The fourth-order valence-corrected chi connectivity index (χ4v) is 2.02. The van der Waals surface area contributed by atoms with Gasteiger partial charge in [0.15, 0.2) is 5.69 Å². The molecule has 0 aliphatic rings. The Morgan fingerprint density at radius 1 is 1.25 bits per heavy atom. The lowest BCUT2D eigenvalue weighted by Crippen LogP contribution is -2.73. The molecular formula is C16H18NO3+. The first-order chi connectivity index (χ1) is 9.76. The van der Waals surface area contributed by atoms with Gasteiger partial charge in [0.1, 0.15) is 18.1 Å². The van der Waals surface area contributed by atoms with E-state index in [1.54, 1.807) is 24.3 Å². The van der Waals surface area contributed by atoms with Crippen LogP contribution in [0.5, 0.6) is 5.75 Å². The van der Waals surface area contributed by atoms with E-state index in [9.17, 15) is 4.79 Å². The third kappa shape index (κ3) is 3.44. The molecule has 0 amide bonds. The smallest absolute Gasteiger partial charge is 0.162 e. The van der Waals surface area contributed by atoms with Crippen LogP contribution in [0.2, 0.25) is 0 Å². The molecule has 4 nitrogen and oxygen atoms in total. The van der Waals surface area contributed by atoms with Crippen molar-refractivity contribution in [2.75, 3.05) is 0 Å². The third-order valence-electron chi connectivity index (χ3n) is 3.10. The molecule has 0 saturated heterocycles. The van der Waals surface area contributed by atoms with Crippen LogP contribution in [-0.4, -0.2) is 11.5 Å². The van der Waals surface area contributed by atoms with E-state index >= 15 is 0 Å². The van der Waals surface area contributed by atoms with Crippen molar-refractivity contribution in [1.82, 2.24) is 0 Å². The van der Waals surface area contributed by atoms with Gasteiger partial charge in [0, 0.05) is 17.7 Å². The van der Waals surface area contributed by atoms with Crippen LogP contribution in [0.15, 0.2) is 48.5 Å². The number of hydrogen-bond acceptors (Lipinski definition) is 3. The number of ether oxygens (including phenoxy) is 1. The maximum atomic E-state index is 10.6. The van der Waals surface area contributed by atoms with Crippen LogP contribution in [0.3, 0.4) is 0 Å². The maximum absolute atomic E-state index is 10.6. The molecular weight excluding hydrogens is 254 g/mol. The average Bonchev–Trinajstić information content (AvgIpc) is 2.53. The zero-order valence-electron chi connectivity index (χ0n) is 11.3. The van der Waals surface area contributed by atoms with Crippen molar-refractivity contribution in [3.05, 3.63) is 59.7 Å². The number of rotatable bonds is 6. The summed E-state index contributed by atoms with van der Waals surface area (Å²) in [5, 5.41) is 9.07. The first kappa shape index (κ1) is 14.2. The quantitative estimate of drug-likeness (QED) is 0.482. The highest BCUT2D eigenvalue weighted by Crippen LogP contribution is 2.25. The minimum atomic E-state index is -0.0861. The van der Waals surface area contributed by atoms with E-state index in [1.165, 1.54) is 0 Å². The predicted octanol–water partition coefficient (Wildman–Crippen LogP) is 2.61. The van der Waals surface area contributed by atoms with Gasteiger partial charge >= 0.3 is 0 Å². The number of nitrogens with two attached hydrogens (primary N) is 1. The fourth-order valence-electron chi connectivity index (χ4n) is 2.02. The topological polar surface area (TPSA) is 63.1 Å². The van der Waals surface area contributed by atoms with Crippen LogP contribution >= 0.6 is 0 Å². The van der Waals surface area contributed by atoms with Crippen molar-refractivity contribution < 1.29 is 20.2 Å². The zero-order chi connectivity index (χ0) is 14.4. The summed E-state index contributed by atoms with van der Waals surface area (Å²) in [6.07, 6.45) is 1.53. The summed E-state index contributed by atoms with van der Waals surface area (Å²) in [5.41, 5.74) is 3.47. The van der Waals surface area contributed by atoms with Gasteiger partial charge in [-0.05, 0) is 36.2 Å². The van der Waals surface area contributed by atoms with Crippen molar-refractivity contribution in [3.63, 3.8) is 0 Å². The third-order valence-corrected chi connectivity index (χ3v) is 3.10. The van der Waals surface area contributed by atoms with E-state index in [0.717, 1.165) is 35.2 Å². The molecule has 2 aromatic rings. The van der Waals surface area contributed by atoms with Gasteiger partial charge < -0.3 is 4.74 Å². The Labute approximate surface area is 118 Å². The van der Waals surface area contributed by atoms with Crippen LogP contribution in [0.25, 0.3) is 0 Å². The SMILES string of the molecule is CCC(Oc1ccc(C=O)cc1)c1cccc([NH2+]O)c1. The maximum Gasteiger partial charge on any atom is 0.162 e. The van der Waals surface area contributed by atoms with E-state index < -0.39 is 0 Å². The number of carbonyl (C=O) groups is 1. The zero-order valence-corrected chi connectivity index (χ0v) is 11.3. The molecule has 0 spiro atoms. The van der Waals surface area contributed by atoms with Gasteiger partial charge in [-0.15, -0.1) is 0 Å². The molecule has 104 valence electrons.